The fourth-order valence-electron chi connectivity index (χ4n) is 2.68. The number of ether oxygens (including phenoxy) is 1. The zero-order chi connectivity index (χ0) is 19.1. The number of hydrogen-bond donors (Lipinski definition) is 2. The Bertz CT molecular complexity index is 824. The van der Waals surface area contributed by atoms with Crippen molar-refractivity contribution in [2.24, 2.45) is 0 Å². The molecule has 1 fully saturated rings. The van der Waals surface area contributed by atoms with Gasteiger partial charge >= 0.3 is 0 Å². The largest absolute Gasteiger partial charge is 0.380 e. The first kappa shape index (κ1) is 18.9. The minimum absolute atomic E-state index is 0.0412. The topological polar surface area (TPSA) is 67.4 Å². The predicted molar refractivity (Wildman–Crippen MR) is 105 cm³/mol. The van der Waals surface area contributed by atoms with Crippen LogP contribution in [0.1, 0.15) is 39.9 Å². The van der Waals surface area contributed by atoms with E-state index in [1.54, 1.807) is 25.3 Å². The zero-order valence-electron chi connectivity index (χ0n) is 15.4. The van der Waals surface area contributed by atoms with Crippen LogP contribution >= 0.6 is 0 Å². The first-order valence-electron chi connectivity index (χ1n) is 9.08. The van der Waals surface area contributed by atoms with Crippen LogP contribution in [0.3, 0.4) is 0 Å². The minimum atomic E-state index is -0.169. The van der Waals surface area contributed by atoms with Crippen LogP contribution in [0.15, 0.2) is 54.6 Å². The first-order valence-corrected chi connectivity index (χ1v) is 9.08. The molecule has 5 nitrogen and oxygen atoms in total. The highest BCUT2D eigenvalue weighted by molar-refractivity contribution is 5.95. The standard InChI is InChI=1S/C22H24N2O3/c1-27-15-19-5-3-2-4-18(19)14-23-21(25)13-8-16-6-9-17(10-7-16)22(26)24-20-11-12-20/h2-10,13,20H,11-12,14-15H2,1H3,(H,23,25)(H,24,26)/b13-8+. The maximum Gasteiger partial charge on any atom is 0.251 e. The van der Waals surface area contributed by atoms with Crippen molar-refractivity contribution in [3.63, 3.8) is 0 Å². The Morgan fingerprint density at radius 1 is 1.07 bits per heavy atom. The van der Waals surface area contributed by atoms with Crippen molar-refractivity contribution in [3.05, 3.63) is 76.9 Å². The van der Waals surface area contributed by atoms with Gasteiger partial charge in [0.05, 0.1) is 6.61 Å². The number of hydrogen-bond acceptors (Lipinski definition) is 3. The van der Waals surface area contributed by atoms with Gasteiger partial charge < -0.3 is 15.4 Å². The number of amides is 2. The molecule has 1 saturated carbocycles. The van der Waals surface area contributed by atoms with E-state index in [0.717, 1.165) is 29.5 Å². The molecule has 0 spiro atoms. The van der Waals surface area contributed by atoms with E-state index in [0.29, 0.717) is 24.8 Å². The van der Waals surface area contributed by atoms with Crippen LogP contribution in [0.4, 0.5) is 0 Å². The van der Waals surface area contributed by atoms with Gasteiger partial charge in [0.1, 0.15) is 0 Å². The number of carbonyl (C=O) groups excluding carboxylic acids is 2. The van der Waals surface area contributed by atoms with E-state index in [1.165, 1.54) is 6.08 Å². The summed E-state index contributed by atoms with van der Waals surface area (Å²) in [5.41, 5.74) is 3.60. The van der Waals surface area contributed by atoms with Gasteiger partial charge in [0.2, 0.25) is 5.91 Å². The normalized spacial score (nSPS) is 13.5. The molecule has 0 saturated heterocycles. The molecule has 0 unspecified atom stereocenters. The van der Waals surface area contributed by atoms with E-state index < -0.39 is 0 Å². The van der Waals surface area contributed by atoms with Crippen LogP contribution in [0.25, 0.3) is 6.08 Å². The highest BCUT2D eigenvalue weighted by Crippen LogP contribution is 2.19. The fraction of sp³-hybridized carbons (Fsp3) is 0.273. The molecule has 2 N–H and O–H groups in total. The highest BCUT2D eigenvalue weighted by Gasteiger charge is 2.23. The van der Waals surface area contributed by atoms with Crippen LogP contribution < -0.4 is 10.6 Å². The Balaban J connectivity index is 1.51. The Morgan fingerprint density at radius 3 is 2.44 bits per heavy atom. The average Bonchev–Trinajstić information content (AvgIpc) is 3.50. The summed E-state index contributed by atoms with van der Waals surface area (Å²) in [6.45, 7) is 0.964. The highest BCUT2D eigenvalue weighted by atomic mass is 16.5. The third kappa shape index (κ3) is 5.79. The molecule has 0 aromatic heterocycles. The molecule has 2 amide bonds. The first-order chi connectivity index (χ1) is 13.2. The van der Waals surface area contributed by atoms with E-state index in [-0.39, 0.29) is 11.8 Å². The predicted octanol–water partition coefficient (Wildman–Crippen LogP) is 3.05. The van der Waals surface area contributed by atoms with Gasteiger partial charge in [-0.2, -0.15) is 0 Å². The van der Waals surface area contributed by atoms with Gasteiger partial charge in [0.15, 0.2) is 0 Å². The molecule has 27 heavy (non-hydrogen) atoms. The summed E-state index contributed by atoms with van der Waals surface area (Å²) in [6.07, 6.45) is 5.37. The molecule has 2 aromatic rings. The molecule has 0 aliphatic heterocycles. The van der Waals surface area contributed by atoms with Crippen LogP contribution in [-0.2, 0) is 22.7 Å². The van der Waals surface area contributed by atoms with Gasteiger partial charge in [0.25, 0.3) is 5.91 Å². The maximum atomic E-state index is 12.1. The third-order valence-electron chi connectivity index (χ3n) is 4.38. The van der Waals surface area contributed by atoms with Crippen molar-refractivity contribution in [2.75, 3.05) is 7.11 Å². The number of methoxy groups -OCH3 is 1. The van der Waals surface area contributed by atoms with E-state index in [1.807, 2.05) is 36.4 Å². The van der Waals surface area contributed by atoms with Gasteiger partial charge in [-0.15, -0.1) is 0 Å². The lowest BCUT2D eigenvalue weighted by molar-refractivity contribution is -0.116. The molecule has 3 rings (SSSR count). The number of benzene rings is 2. The SMILES string of the molecule is COCc1ccccc1CNC(=O)/C=C/c1ccc(C(=O)NC2CC2)cc1. The Morgan fingerprint density at radius 2 is 1.78 bits per heavy atom. The lowest BCUT2D eigenvalue weighted by Gasteiger charge is -2.09. The lowest BCUT2D eigenvalue weighted by Crippen LogP contribution is -2.25. The summed E-state index contributed by atoms with van der Waals surface area (Å²) in [5, 5.41) is 5.84. The molecule has 0 heterocycles. The lowest BCUT2D eigenvalue weighted by atomic mass is 10.1. The van der Waals surface area contributed by atoms with Gasteiger partial charge in [-0.1, -0.05) is 36.4 Å². The van der Waals surface area contributed by atoms with Crippen molar-refractivity contribution in [1.29, 1.82) is 0 Å². The van der Waals surface area contributed by atoms with Crippen LogP contribution in [0.2, 0.25) is 0 Å². The summed E-state index contributed by atoms with van der Waals surface area (Å²) in [6, 6.07) is 15.4. The molecule has 140 valence electrons. The molecule has 5 heteroatoms. The van der Waals surface area contributed by atoms with Crippen molar-refractivity contribution in [1.82, 2.24) is 10.6 Å². The maximum absolute atomic E-state index is 12.1. The Hall–Kier alpha value is -2.92. The van der Waals surface area contributed by atoms with Crippen LogP contribution in [-0.4, -0.2) is 25.0 Å². The number of carbonyl (C=O) groups is 2. The van der Waals surface area contributed by atoms with Crippen LogP contribution in [0, 0.1) is 0 Å². The van der Waals surface area contributed by atoms with Gasteiger partial charge in [-0.25, -0.2) is 0 Å². The monoisotopic (exact) mass is 364 g/mol. The third-order valence-corrected chi connectivity index (χ3v) is 4.38. The Labute approximate surface area is 159 Å². The summed E-state index contributed by atoms with van der Waals surface area (Å²) < 4.78 is 5.18. The number of rotatable bonds is 8. The molecule has 1 aliphatic carbocycles. The summed E-state index contributed by atoms with van der Waals surface area (Å²) >= 11 is 0. The quantitative estimate of drug-likeness (QED) is 0.708. The molecular weight excluding hydrogens is 340 g/mol. The average molecular weight is 364 g/mol. The Kier molecular flexibility index (Phi) is 6.39. The fourth-order valence-corrected chi connectivity index (χ4v) is 2.68. The second kappa shape index (κ2) is 9.14. The second-order valence-electron chi connectivity index (χ2n) is 6.62. The van der Waals surface area contributed by atoms with Gasteiger partial charge in [0, 0.05) is 31.3 Å². The van der Waals surface area contributed by atoms with Crippen LogP contribution in [0.5, 0.6) is 0 Å². The van der Waals surface area contributed by atoms with E-state index in [2.05, 4.69) is 10.6 Å². The summed E-state index contributed by atoms with van der Waals surface area (Å²) in [5.74, 6) is -0.210. The zero-order valence-corrected chi connectivity index (χ0v) is 15.4. The summed E-state index contributed by atoms with van der Waals surface area (Å²) in [7, 11) is 1.65. The van der Waals surface area contributed by atoms with E-state index >= 15 is 0 Å². The summed E-state index contributed by atoms with van der Waals surface area (Å²) in [4.78, 5) is 24.0. The van der Waals surface area contributed by atoms with Gasteiger partial charge in [-0.05, 0) is 47.7 Å². The van der Waals surface area contributed by atoms with Crippen molar-refractivity contribution < 1.29 is 14.3 Å². The van der Waals surface area contributed by atoms with Crippen molar-refractivity contribution in [2.45, 2.75) is 32.0 Å². The molecular formula is C22H24N2O3. The molecule has 0 atom stereocenters. The van der Waals surface area contributed by atoms with Gasteiger partial charge in [-0.3, -0.25) is 9.59 Å². The molecule has 2 aromatic carbocycles. The molecule has 0 radical (unpaired) electrons. The van der Waals surface area contributed by atoms with Crippen molar-refractivity contribution >= 4 is 17.9 Å². The van der Waals surface area contributed by atoms with Crippen molar-refractivity contribution in [3.8, 4) is 0 Å². The van der Waals surface area contributed by atoms with E-state index in [4.69, 9.17) is 4.74 Å². The second-order valence-corrected chi connectivity index (χ2v) is 6.62. The minimum Gasteiger partial charge on any atom is -0.380 e. The number of nitrogens with one attached hydrogen (secondary N) is 2. The van der Waals surface area contributed by atoms with E-state index in [9.17, 15) is 9.59 Å². The smallest absolute Gasteiger partial charge is 0.251 e. The molecule has 0 bridgehead atoms. The molecule has 1 aliphatic rings.